The number of aliphatic imine (C=N–C) groups is 1. The van der Waals surface area contributed by atoms with Gasteiger partial charge < -0.3 is 32.5 Å². The van der Waals surface area contributed by atoms with Gasteiger partial charge in [-0.1, -0.05) is 24.3 Å². The minimum atomic E-state index is -1.48. The molecule has 1 aromatic rings. The molecule has 0 fully saturated rings. The van der Waals surface area contributed by atoms with E-state index in [1.165, 1.54) is 12.4 Å². The Morgan fingerprint density at radius 1 is 1.14 bits per heavy atom. The third-order valence-electron chi connectivity index (χ3n) is 3.15. The Morgan fingerprint density at radius 3 is 2.23 bits per heavy atom. The summed E-state index contributed by atoms with van der Waals surface area (Å²) in [6.07, 6.45) is 2.33. The van der Waals surface area contributed by atoms with Gasteiger partial charge in [-0.25, -0.2) is 4.99 Å². The molecule has 0 aromatic heterocycles. The maximum absolute atomic E-state index is 9.58. The first-order valence-electron chi connectivity index (χ1n) is 6.72. The molecule has 22 heavy (non-hydrogen) atoms. The standard InChI is InChI=1S/C15H22N4O3/c16-7-12(13(14(18)20)8-19-9-17)6-3-10-1-4-11(5-2-10)15(21)22/h1-2,4-5,7-9,14-15,20-22H,3,6,16,18H2,(H2,17,19)/b12-7-,13-8-. The van der Waals surface area contributed by atoms with Crippen molar-refractivity contribution in [3.63, 3.8) is 0 Å². The lowest BCUT2D eigenvalue weighted by atomic mass is 9.98. The zero-order valence-electron chi connectivity index (χ0n) is 12.1. The van der Waals surface area contributed by atoms with Crippen LogP contribution in [0.3, 0.4) is 0 Å². The molecule has 1 aromatic carbocycles. The Labute approximate surface area is 129 Å². The van der Waals surface area contributed by atoms with E-state index < -0.39 is 12.5 Å². The van der Waals surface area contributed by atoms with Gasteiger partial charge in [0.25, 0.3) is 0 Å². The lowest BCUT2D eigenvalue weighted by Gasteiger charge is -2.14. The molecule has 0 saturated heterocycles. The molecule has 0 radical (unpaired) electrons. The number of nitrogens with zero attached hydrogens (tertiary/aromatic N) is 1. The molecule has 0 aliphatic rings. The van der Waals surface area contributed by atoms with Crippen LogP contribution >= 0.6 is 0 Å². The van der Waals surface area contributed by atoms with E-state index in [9.17, 15) is 5.11 Å². The van der Waals surface area contributed by atoms with Gasteiger partial charge in [-0.05, 0) is 30.2 Å². The summed E-state index contributed by atoms with van der Waals surface area (Å²) in [5, 5.41) is 27.7. The Kier molecular flexibility index (Phi) is 7.27. The van der Waals surface area contributed by atoms with Crippen LogP contribution < -0.4 is 17.2 Å². The average Bonchev–Trinajstić information content (AvgIpc) is 2.50. The molecule has 7 heteroatoms. The molecular weight excluding hydrogens is 284 g/mol. The summed E-state index contributed by atoms with van der Waals surface area (Å²) in [6, 6.07) is 6.87. The number of rotatable bonds is 7. The molecule has 0 heterocycles. The molecule has 0 aliphatic carbocycles. The summed E-state index contributed by atoms with van der Waals surface area (Å²) in [4.78, 5) is 3.75. The van der Waals surface area contributed by atoms with Crippen molar-refractivity contribution in [3.05, 3.63) is 58.9 Å². The SMILES string of the molecule is NC=N/C=C(/C(=C\N)CCc1ccc(C(O)O)cc1)C(N)O. The van der Waals surface area contributed by atoms with Gasteiger partial charge >= 0.3 is 0 Å². The van der Waals surface area contributed by atoms with Crippen LogP contribution in [-0.2, 0) is 6.42 Å². The lowest BCUT2D eigenvalue weighted by molar-refractivity contribution is -0.0424. The third kappa shape index (κ3) is 5.30. The number of benzene rings is 1. The number of aliphatic hydroxyl groups is 3. The van der Waals surface area contributed by atoms with Crippen molar-refractivity contribution >= 4 is 6.34 Å². The van der Waals surface area contributed by atoms with Crippen LogP contribution in [0, 0.1) is 0 Å². The number of hydrogen-bond acceptors (Lipinski definition) is 6. The second kappa shape index (κ2) is 8.96. The summed E-state index contributed by atoms with van der Waals surface area (Å²) < 4.78 is 0. The first-order valence-corrected chi connectivity index (χ1v) is 6.72. The summed E-state index contributed by atoms with van der Waals surface area (Å²) in [5.74, 6) is 0. The zero-order valence-corrected chi connectivity index (χ0v) is 12.1. The van der Waals surface area contributed by atoms with E-state index in [2.05, 4.69) is 4.99 Å². The van der Waals surface area contributed by atoms with Gasteiger partial charge in [-0.15, -0.1) is 0 Å². The minimum absolute atomic E-state index is 0.395. The second-order valence-corrected chi connectivity index (χ2v) is 4.63. The molecule has 1 unspecified atom stereocenters. The Morgan fingerprint density at radius 2 is 1.77 bits per heavy atom. The van der Waals surface area contributed by atoms with Crippen LogP contribution in [0.4, 0.5) is 0 Å². The molecule has 0 spiro atoms. The van der Waals surface area contributed by atoms with Crippen LogP contribution in [0.25, 0.3) is 0 Å². The average molecular weight is 306 g/mol. The van der Waals surface area contributed by atoms with Gasteiger partial charge in [-0.2, -0.15) is 0 Å². The number of aliphatic hydroxyl groups excluding tert-OH is 2. The highest BCUT2D eigenvalue weighted by molar-refractivity contribution is 5.53. The van der Waals surface area contributed by atoms with Gasteiger partial charge in [0.15, 0.2) is 6.29 Å². The Bertz CT molecular complexity index is 548. The molecular formula is C15H22N4O3. The summed E-state index contributed by atoms with van der Waals surface area (Å²) in [5.41, 5.74) is 18.7. The maximum atomic E-state index is 9.58. The van der Waals surface area contributed by atoms with E-state index in [-0.39, 0.29) is 0 Å². The Balaban J connectivity index is 2.78. The highest BCUT2D eigenvalue weighted by Gasteiger charge is 2.11. The highest BCUT2D eigenvalue weighted by Crippen LogP contribution is 2.19. The minimum Gasteiger partial charge on any atom is -0.404 e. The molecule has 1 rings (SSSR count). The fourth-order valence-electron chi connectivity index (χ4n) is 1.93. The quantitative estimate of drug-likeness (QED) is 0.174. The fourth-order valence-corrected chi connectivity index (χ4v) is 1.93. The molecule has 7 nitrogen and oxygen atoms in total. The van der Waals surface area contributed by atoms with Gasteiger partial charge in [0.1, 0.15) is 6.23 Å². The van der Waals surface area contributed by atoms with Crippen molar-refractivity contribution in [1.82, 2.24) is 0 Å². The van der Waals surface area contributed by atoms with Crippen molar-refractivity contribution in [2.75, 3.05) is 0 Å². The number of hydrogen-bond donors (Lipinski definition) is 6. The second-order valence-electron chi connectivity index (χ2n) is 4.63. The summed E-state index contributed by atoms with van der Waals surface area (Å²) >= 11 is 0. The molecule has 9 N–H and O–H groups in total. The molecule has 1 atom stereocenters. The van der Waals surface area contributed by atoms with E-state index >= 15 is 0 Å². The van der Waals surface area contributed by atoms with Crippen LogP contribution in [0.15, 0.2) is 52.8 Å². The van der Waals surface area contributed by atoms with E-state index in [4.69, 9.17) is 27.4 Å². The van der Waals surface area contributed by atoms with Crippen LogP contribution in [0.5, 0.6) is 0 Å². The van der Waals surface area contributed by atoms with Crippen molar-refractivity contribution in [1.29, 1.82) is 0 Å². The van der Waals surface area contributed by atoms with Crippen LogP contribution in [0.1, 0.15) is 23.8 Å². The third-order valence-corrected chi connectivity index (χ3v) is 3.15. The van der Waals surface area contributed by atoms with E-state index in [1.54, 1.807) is 24.3 Å². The van der Waals surface area contributed by atoms with E-state index in [0.29, 0.717) is 29.6 Å². The predicted molar refractivity (Wildman–Crippen MR) is 85.2 cm³/mol. The maximum Gasteiger partial charge on any atom is 0.178 e. The summed E-state index contributed by atoms with van der Waals surface area (Å²) in [7, 11) is 0. The monoisotopic (exact) mass is 306 g/mol. The summed E-state index contributed by atoms with van der Waals surface area (Å²) in [6.45, 7) is 0. The van der Waals surface area contributed by atoms with Gasteiger partial charge in [0, 0.05) is 17.3 Å². The van der Waals surface area contributed by atoms with Gasteiger partial charge in [-0.3, -0.25) is 0 Å². The smallest absolute Gasteiger partial charge is 0.178 e. The van der Waals surface area contributed by atoms with Gasteiger partial charge in [0.05, 0.1) is 6.34 Å². The van der Waals surface area contributed by atoms with Crippen molar-refractivity contribution in [3.8, 4) is 0 Å². The molecule has 0 aliphatic heterocycles. The zero-order chi connectivity index (χ0) is 16.5. The molecule has 0 amide bonds. The highest BCUT2D eigenvalue weighted by atomic mass is 16.5. The topological polar surface area (TPSA) is 151 Å². The predicted octanol–water partition coefficient (Wildman–Crippen LogP) is -0.407. The van der Waals surface area contributed by atoms with E-state index in [0.717, 1.165) is 11.9 Å². The van der Waals surface area contributed by atoms with E-state index in [1.807, 2.05) is 0 Å². The fraction of sp³-hybridized carbons (Fsp3) is 0.267. The molecule has 0 saturated carbocycles. The molecule has 0 bridgehead atoms. The largest absolute Gasteiger partial charge is 0.404 e. The number of aryl methyl sites for hydroxylation is 1. The molecule has 120 valence electrons. The van der Waals surface area contributed by atoms with Crippen LogP contribution in [0.2, 0.25) is 0 Å². The van der Waals surface area contributed by atoms with Crippen molar-refractivity contribution in [2.24, 2.45) is 22.2 Å². The number of nitrogens with two attached hydrogens (primary N) is 3. The van der Waals surface area contributed by atoms with Crippen molar-refractivity contribution < 1.29 is 15.3 Å². The first kappa shape index (κ1) is 17.9. The van der Waals surface area contributed by atoms with Crippen LogP contribution in [-0.4, -0.2) is 27.9 Å². The van der Waals surface area contributed by atoms with Gasteiger partial charge in [0.2, 0.25) is 0 Å². The Hall–Kier alpha value is -2.19. The first-order chi connectivity index (χ1) is 10.5. The lowest BCUT2D eigenvalue weighted by Crippen LogP contribution is -2.23. The normalized spacial score (nSPS) is 14.8. The van der Waals surface area contributed by atoms with Crippen molar-refractivity contribution in [2.45, 2.75) is 25.4 Å².